The number of halogens is 1. The molecule has 8 heteroatoms. The summed E-state index contributed by atoms with van der Waals surface area (Å²) in [6.45, 7) is 4.08. The molecular weight excluding hydrogens is 402 g/mol. The van der Waals surface area contributed by atoms with Gasteiger partial charge in [0.2, 0.25) is 0 Å². The Bertz CT molecular complexity index is 1420. The molecule has 0 fully saturated rings. The summed E-state index contributed by atoms with van der Waals surface area (Å²) in [5.74, 6) is 0. The summed E-state index contributed by atoms with van der Waals surface area (Å²) in [5, 5.41) is 9.43. The molecule has 0 aliphatic carbocycles. The van der Waals surface area contributed by atoms with Crippen LogP contribution in [0, 0.1) is 11.3 Å². The Morgan fingerprint density at radius 3 is 2.60 bits per heavy atom. The van der Waals surface area contributed by atoms with Crippen molar-refractivity contribution in [3.8, 4) is 11.8 Å². The molecule has 0 N–H and O–H groups in total. The van der Waals surface area contributed by atoms with Crippen LogP contribution in [0.15, 0.2) is 77.1 Å². The molecule has 2 aromatic carbocycles. The van der Waals surface area contributed by atoms with E-state index in [0.29, 0.717) is 28.3 Å². The minimum atomic E-state index is -0.515. The molecule has 0 unspecified atom stereocenters. The first-order valence-corrected chi connectivity index (χ1v) is 9.48. The van der Waals surface area contributed by atoms with Gasteiger partial charge >= 0.3 is 5.69 Å². The average molecular weight is 418 g/mol. The molecule has 0 radical (unpaired) electrons. The smallest absolute Gasteiger partial charge is 0.320 e. The van der Waals surface area contributed by atoms with Crippen molar-refractivity contribution in [1.29, 1.82) is 5.26 Å². The minimum absolute atomic E-state index is 0.0657. The zero-order chi connectivity index (χ0) is 21.3. The summed E-state index contributed by atoms with van der Waals surface area (Å²) in [6.07, 6.45) is 3.03. The summed E-state index contributed by atoms with van der Waals surface area (Å²) in [7, 11) is 0. The summed E-state index contributed by atoms with van der Waals surface area (Å²) in [5.41, 5.74) is 1.54. The summed E-state index contributed by atoms with van der Waals surface area (Å²) < 4.78 is 4.19. The molecule has 148 valence electrons. The highest BCUT2D eigenvalue weighted by Gasteiger charge is 2.19. The van der Waals surface area contributed by atoms with Crippen LogP contribution >= 0.6 is 11.6 Å². The van der Waals surface area contributed by atoms with Gasteiger partial charge in [-0.05, 0) is 35.9 Å². The number of hydrogen-bond acceptors (Lipinski definition) is 4. The van der Waals surface area contributed by atoms with Crippen LogP contribution in [0.25, 0.3) is 16.9 Å². The number of hydrogen-bond donors (Lipinski definition) is 0. The highest BCUT2D eigenvalue weighted by atomic mass is 35.5. The molecule has 0 atom stereocenters. The second-order valence-corrected chi connectivity index (χ2v) is 7.09. The van der Waals surface area contributed by atoms with Crippen LogP contribution in [0.3, 0.4) is 0 Å². The van der Waals surface area contributed by atoms with Gasteiger partial charge in [0, 0.05) is 18.1 Å². The van der Waals surface area contributed by atoms with E-state index in [1.165, 1.54) is 17.0 Å². The largest absolute Gasteiger partial charge is 0.337 e. The van der Waals surface area contributed by atoms with Crippen LogP contribution in [0.2, 0.25) is 5.02 Å². The predicted octanol–water partition coefficient (Wildman–Crippen LogP) is 3.11. The number of nitrogens with zero attached hydrogens (tertiary/aromatic N) is 5. The summed E-state index contributed by atoms with van der Waals surface area (Å²) in [6, 6.07) is 16.0. The van der Waals surface area contributed by atoms with Crippen molar-refractivity contribution in [2.45, 2.75) is 13.1 Å². The van der Waals surface area contributed by atoms with Crippen LogP contribution in [0.4, 0.5) is 0 Å². The van der Waals surface area contributed by atoms with Crippen molar-refractivity contribution in [1.82, 2.24) is 18.7 Å². The van der Waals surface area contributed by atoms with Gasteiger partial charge < -0.3 is 4.57 Å². The highest BCUT2D eigenvalue weighted by Crippen LogP contribution is 2.18. The maximum atomic E-state index is 13.1. The quantitative estimate of drug-likeness (QED) is 0.467. The zero-order valence-electron chi connectivity index (χ0n) is 15.8. The van der Waals surface area contributed by atoms with Crippen LogP contribution < -0.4 is 11.2 Å². The van der Waals surface area contributed by atoms with E-state index in [-0.39, 0.29) is 12.2 Å². The predicted molar refractivity (Wildman–Crippen MR) is 115 cm³/mol. The van der Waals surface area contributed by atoms with Crippen molar-refractivity contribution < 1.29 is 0 Å². The summed E-state index contributed by atoms with van der Waals surface area (Å²) >= 11 is 6.12. The van der Waals surface area contributed by atoms with Gasteiger partial charge in [-0.3, -0.25) is 9.36 Å². The first kappa shape index (κ1) is 19.4. The number of benzene rings is 2. The minimum Gasteiger partial charge on any atom is -0.320 e. The van der Waals surface area contributed by atoms with E-state index in [9.17, 15) is 9.59 Å². The molecule has 0 saturated heterocycles. The fraction of sp³-hybridized carbons (Fsp3) is 0.0909. The van der Waals surface area contributed by atoms with Gasteiger partial charge in [-0.2, -0.15) is 5.26 Å². The second kappa shape index (κ2) is 7.85. The van der Waals surface area contributed by atoms with Crippen molar-refractivity contribution in [2.24, 2.45) is 0 Å². The first-order chi connectivity index (χ1) is 14.5. The number of fused-ring (bicyclic) bond motifs is 1. The van der Waals surface area contributed by atoms with Gasteiger partial charge in [0.25, 0.3) is 5.56 Å². The maximum Gasteiger partial charge on any atom is 0.337 e. The highest BCUT2D eigenvalue weighted by molar-refractivity contribution is 6.30. The molecule has 0 amide bonds. The Morgan fingerprint density at radius 1 is 1.17 bits per heavy atom. The third-order valence-corrected chi connectivity index (χ3v) is 4.95. The lowest BCUT2D eigenvalue weighted by molar-refractivity contribution is 0.690. The van der Waals surface area contributed by atoms with E-state index in [1.807, 2.05) is 12.1 Å². The molecule has 2 heterocycles. The number of allylic oxidation sites excluding steroid dienone is 1. The molecule has 0 saturated carbocycles. The number of nitriles is 1. The Kier molecular flexibility index (Phi) is 5.09. The maximum absolute atomic E-state index is 13.1. The molecule has 4 rings (SSSR count). The third-order valence-electron chi connectivity index (χ3n) is 4.71. The fourth-order valence-electron chi connectivity index (χ4n) is 3.32. The van der Waals surface area contributed by atoms with Crippen LogP contribution in [0.1, 0.15) is 11.1 Å². The average Bonchev–Trinajstić information content (AvgIpc) is 3.15. The molecule has 4 aromatic rings. The van der Waals surface area contributed by atoms with Gasteiger partial charge in [0.15, 0.2) is 11.2 Å². The van der Waals surface area contributed by atoms with E-state index in [1.54, 1.807) is 41.0 Å². The lowest BCUT2D eigenvalue weighted by atomic mass is 10.1. The van der Waals surface area contributed by atoms with E-state index >= 15 is 0 Å². The molecule has 7 nitrogen and oxygen atoms in total. The topological polar surface area (TPSA) is 85.6 Å². The Morgan fingerprint density at radius 2 is 1.93 bits per heavy atom. The van der Waals surface area contributed by atoms with Gasteiger partial charge in [0.05, 0.1) is 23.6 Å². The zero-order valence-corrected chi connectivity index (χ0v) is 16.6. The van der Waals surface area contributed by atoms with E-state index < -0.39 is 11.2 Å². The number of imidazole rings is 1. The SMILES string of the molecule is C=CCn1c(=O)c2c(ncn2Cc2ccc(C#N)cc2)n(-c2cccc(Cl)c2)c1=O. The molecule has 0 spiro atoms. The van der Waals surface area contributed by atoms with Gasteiger partial charge in [-0.15, -0.1) is 6.58 Å². The fourth-order valence-corrected chi connectivity index (χ4v) is 3.50. The lowest BCUT2D eigenvalue weighted by Gasteiger charge is -2.12. The molecule has 2 aromatic heterocycles. The van der Waals surface area contributed by atoms with Crippen molar-refractivity contribution >= 4 is 22.8 Å². The second-order valence-electron chi connectivity index (χ2n) is 6.66. The third kappa shape index (κ3) is 3.34. The summed E-state index contributed by atoms with van der Waals surface area (Å²) in [4.78, 5) is 30.6. The van der Waals surface area contributed by atoms with Crippen molar-refractivity contribution in [3.05, 3.63) is 105 Å². The number of aromatic nitrogens is 4. The van der Waals surface area contributed by atoms with Gasteiger partial charge in [-0.1, -0.05) is 35.9 Å². The normalized spacial score (nSPS) is 10.8. The van der Waals surface area contributed by atoms with Crippen molar-refractivity contribution in [3.63, 3.8) is 0 Å². The van der Waals surface area contributed by atoms with Crippen LogP contribution in [-0.4, -0.2) is 18.7 Å². The van der Waals surface area contributed by atoms with Crippen molar-refractivity contribution in [2.75, 3.05) is 0 Å². The van der Waals surface area contributed by atoms with E-state index in [2.05, 4.69) is 17.6 Å². The van der Waals surface area contributed by atoms with Gasteiger partial charge in [-0.25, -0.2) is 14.3 Å². The molecule has 0 bridgehead atoms. The Hall–Kier alpha value is -3.89. The standard InChI is InChI=1S/C22H16ClN5O2/c1-2-10-27-21(29)19-20(28(22(27)30)18-5-3-4-17(23)11-18)25-14-26(19)13-16-8-6-15(12-24)7-9-16/h2-9,11,14H,1,10,13H2. The molecule has 0 aliphatic rings. The van der Waals surface area contributed by atoms with Gasteiger partial charge in [0.1, 0.15) is 0 Å². The lowest BCUT2D eigenvalue weighted by Crippen LogP contribution is -2.39. The monoisotopic (exact) mass is 417 g/mol. The Balaban J connectivity index is 1.96. The first-order valence-electron chi connectivity index (χ1n) is 9.10. The van der Waals surface area contributed by atoms with E-state index in [0.717, 1.165) is 10.1 Å². The Labute approximate surface area is 176 Å². The number of rotatable bonds is 5. The molecule has 0 aliphatic heterocycles. The van der Waals surface area contributed by atoms with E-state index in [4.69, 9.17) is 16.9 Å². The molecular formula is C22H16ClN5O2. The van der Waals surface area contributed by atoms with Crippen LogP contribution in [0.5, 0.6) is 0 Å². The van der Waals surface area contributed by atoms with Crippen LogP contribution in [-0.2, 0) is 13.1 Å². The molecule has 30 heavy (non-hydrogen) atoms.